The van der Waals surface area contributed by atoms with Gasteiger partial charge in [0.2, 0.25) is 0 Å². The number of rotatable bonds is 3. The van der Waals surface area contributed by atoms with E-state index in [1.165, 1.54) is 25.3 Å². The zero-order valence-corrected chi connectivity index (χ0v) is 9.55. The van der Waals surface area contributed by atoms with E-state index in [1.54, 1.807) is 0 Å². The van der Waals surface area contributed by atoms with Crippen molar-refractivity contribution in [3.8, 4) is 0 Å². The van der Waals surface area contributed by atoms with Gasteiger partial charge in [-0.05, 0) is 11.6 Å². The van der Waals surface area contributed by atoms with Gasteiger partial charge in [-0.3, -0.25) is 0 Å². The third-order valence-corrected chi connectivity index (χ3v) is 2.55. The van der Waals surface area contributed by atoms with Gasteiger partial charge in [-0.2, -0.15) is 0 Å². The third-order valence-electron chi connectivity index (χ3n) is 1.99. The molecular weight excluding hydrogens is 270 g/mol. The van der Waals surface area contributed by atoms with Crippen molar-refractivity contribution in [1.29, 1.82) is 0 Å². The van der Waals surface area contributed by atoms with Gasteiger partial charge in [0.15, 0.2) is 0 Å². The van der Waals surface area contributed by atoms with Crippen molar-refractivity contribution in [3.05, 3.63) is 34.9 Å². The van der Waals surface area contributed by atoms with Crippen LogP contribution in [0.2, 0.25) is 0 Å². The average molecular weight is 279 g/mol. The fourth-order valence-corrected chi connectivity index (χ4v) is 1.89. The van der Waals surface area contributed by atoms with Crippen molar-refractivity contribution in [2.24, 2.45) is 0 Å². The normalized spacial score (nSPS) is 10.5. The lowest BCUT2D eigenvalue weighted by atomic mass is 10.0. The molecule has 1 aromatic carbocycles. The van der Waals surface area contributed by atoms with Crippen LogP contribution in [0.5, 0.6) is 0 Å². The molecule has 0 aliphatic heterocycles. The van der Waals surface area contributed by atoms with Crippen LogP contribution in [0.3, 0.4) is 0 Å². The highest BCUT2D eigenvalue weighted by Crippen LogP contribution is 2.27. The number of esters is 1. The minimum Gasteiger partial charge on any atom is -0.465 e. The Morgan fingerprint density at radius 3 is 2.67 bits per heavy atom. The van der Waals surface area contributed by atoms with Gasteiger partial charge in [0, 0.05) is 10.9 Å². The van der Waals surface area contributed by atoms with Crippen LogP contribution in [0.1, 0.15) is 27.9 Å². The summed E-state index contributed by atoms with van der Waals surface area (Å²) in [6.07, 6.45) is -2.60. The van der Waals surface area contributed by atoms with Gasteiger partial charge in [-0.1, -0.05) is 28.1 Å². The number of hydrogen-bond donors (Lipinski definition) is 0. The van der Waals surface area contributed by atoms with Crippen LogP contribution in [0.25, 0.3) is 0 Å². The molecule has 0 bridgehead atoms. The van der Waals surface area contributed by atoms with Crippen LogP contribution in [0, 0.1) is 0 Å². The molecule has 0 fully saturated rings. The minimum atomic E-state index is -2.60. The van der Waals surface area contributed by atoms with Crippen molar-refractivity contribution in [1.82, 2.24) is 0 Å². The predicted molar refractivity (Wildman–Crippen MR) is 55.4 cm³/mol. The molecule has 0 unspecified atom stereocenters. The molecule has 5 heteroatoms. The molecule has 15 heavy (non-hydrogen) atoms. The number of ether oxygens (including phenoxy) is 1. The Kier molecular flexibility index (Phi) is 4.20. The van der Waals surface area contributed by atoms with E-state index in [0.29, 0.717) is 0 Å². The molecule has 0 aliphatic rings. The lowest BCUT2D eigenvalue weighted by Crippen LogP contribution is -2.07. The molecule has 0 radical (unpaired) electrons. The summed E-state index contributed by atoms with van der Waals surface area (Å²) in [6, 6.07) is 4.18. The summed E-state index contributed by atoms with van der Waals surface area (Å²) < 4.78 is 29.7. The van der Waals surface area contributed by atoms with Crippen molar-refractivity contribution in [3.63, 3.8) is 0 Å². The van der Waals surface area contributed by atoms with E-state index in [-0.39, 0.29) is 22.0 Å². The molecule has 0 saturated heterocycles. The first kappa shape index (κ1) is 12.1. The summed E-state index contributed by atoms with van der Waals surface area (Å²) in [4.78, 5) is 11.3. The standard InChI is InChI=1S/C10H9BrF2O2/c1-15-10(14)7-4-2-3-6(9(12)13)8(7)5-11/h2-4,9H,5H2,1H3. The second-order valence-corrected chi connectivity index (χ2v) is 3.36. The van der Waals surface area contributed by atoms with E-state index < -0.39 is 12.4 Å². The first-order chi connectivity index (χ1) is 7.11. The summed E-state index contributed by atoms with van der Waals surface area (Å²) in [7, 11) is 1.22. The average Bonchev–Trinajstić information content (AvgIpc) is 2.26. The molecule has 0 saturated carbocycles. The molecule has 0 heterocycles. The monoisotopic (exact) mass is 278 g/mol. The Labute approximate surface area is 94.4 Å². The Morgan fingerprint density at radius 1 is 1.53 bits per heavy atom. The van der Waals surface area contributed by atoms with E-state index in [2.05, 4.69) is 20.7 Å². The van der Waals surface area contributed by atoms with Crippen LogP contribution in [-0.4, -0.2) is 13.1 Å². The van der Waals surface area contributed by atoms with Crippen LogP contribution >= 0.6 is 15.9 Å². The molecule has 0 N–H and O–H groups in total. The van der Waals surface area contributed by atoms with Gasteiger partial charge in [0.05, 0.1) is 12.7 Å². The SMILES string of the molecule is COC(=O)c1cccc(C(F)F)c1CBr. The van der Waals surface area contributed by atoms with E-state index in [1.807, 2.05) is 0 Å². The van der Waals surface area contributed by atoms with Gasteiger partial charge in [-0.25, -0.2) is 13.6 Å². The topological polar surface area (TPSA) is 26.3 Å². The van der Waals surface area contributed by atoms with Gasteiger partial charge < -0.3 is 4.74 Å². The number of hydrogen-bond acceptors (Lipinski definition) is 2. The lowest BCUT2D eigenvalue weighted by molar-refractivity contribution is 0.0599. The van der Waals surface area contributed by atoms with Gasteiger partial charge in [0.25, 0.3) is 6.43 Å². The minimum absolute atomic E-state index is 0.144. The molecule has 0 aromatic heterocycles. The molecule has 1 rings (SSSR count). The van der Waals surface area contributed by atoms with Crippen molar-refractivity contribution < 1.29 is 18.3 Å². The maximum atomic E-state index is 12.6. The summed E-state index contributed by atoms with van der Waals surface area (Å²) in [5.41, 5.74) is 0.307. The molecule has 0 spiro atoms. The molecule has 2 nitrogen and oxygen atoms in total. The quantitative estimate of drug-likeness (QED) is 0.626. The van der Waals surface area contributed by atoms with Crippen molar-refractivity contribution in [2.75, 3.05) is 7.11 Å². The lowest BCUT2D eigenvalue weighted by Gasteiger charge is -2.10. The number of alkyl halides is 3. The van der Waals surface area contributed by atoms with Crippen LogP contribution in [0.4, 0.5) is 8.78 Å². The fourth-order valence-electron chi connectivity index (χ4n) is 1.26. The van der Waals surface area contributed by atoms with Gasteiger partial charge in [0.1, 0.15) is 0 Å². The summed E-state index contributed by atoms with van der Waals surface area (Å²) >= 11 is 3.08. The van der Waals surface area contributed by atoms with E-state index >= 15 is 0 Å². The van der Waals surface area contributed by atoms with Crippen LogP contribution in [0.15, 0.2) is 18.2 Å². The number of halogens is 3. The number of benzene rings is 1. The maximum Gasteiger partial charge on any atom is 0.338 e. The highest BCUT2D eigenvalue weighted by molar-refractivity contribution is 9.08. The Morgan fingerprint density at radius 2 is 2.20 bits per heavy atom. The molecule has 0 atom stereocenters. The van der Waals surface area contributed by atoms with Gasteiger partial charge in [-0.15, -0.1) is 0 Å². The molecular formula is C10H9BrF2O2. The largest absolute Gasteiger partial charge is 0.465 e. The number of carbonyl (C=O) groups excluding carboxylic acids is 1. The summed E-state index contributed by atoms with van der Waals surface area (Å²) in [6.45, 7) is 0. The molecule has 82 valence electrons. The van der Waals surface area contributed by atoms with E-state index in [0.717, 1.165) is 0 Å². The first-order valence-electron chi connectivity index (χ1n) is 4.16. The zero-order chi connectivity index (χ0) is 11.4. The molecule has 0 amide bonds. The molecule has 0 aliphatic carbocycles. The second kappa shape index (κ2) is 5.21. The Balaban J connectivity index is 3.28. The second-order valence-electron chi connectivity index (χ2n) is 2.80. The maximum absolute atomic E-state index is 12.6. The number of carbonyl (C=O) groups is 1. The Bertz CT molecular complexity index is 366. The zero-order valence-electron chi connectivity index (χ0n) is 7.97. The molecule has 1 aromatic rings. The van der Waals surface area contributed by atoms with Crippen LogP contribution < -0.4 is 0 Å². The van der Waals surface area contributed by atoms with E-state index in [9.17, 15) is 13.6 Å². The predicted octanol–water partition coefficient (Wildman–Crippen LogP) is 3.31. The number of methoxy groups -OCH3 is 1. The summed E-state index contributed by atoms with van der Waals surface area (Å²) in [5.74, 6) is -0.605. The van der Waals surface area contributed by atoms with E-state index in [4.69, 9.17) is 0 Å². The van der Waals surface area contributed by atoms with Gasteiger partial charge >= 0.3 is 5.97 Å². The highest BCUT2D eigenvalue weighted by atomic mass is 79.9. The highest BCUT2D eigenvalue weighted by Gasteiger charge is 2.19. The first-order valence-corrected chi connectivity index (χ1v) is 5.28. The smallest absolute Gasteiger partial charge is 0.338 e. The van der Waals surface area contributed by atoms with Crippen molar-refractivity contribution >= 4 is 21.9 Å². The fraction of sp³-hybridized carbons (Fsp3) is 0.300. The third kappa shape index (κ3) is 2.53. The van der Waals surface area contributed by atoms with Crippen LogP contribution in [-0.2, 0) is 10.1 Å². The van der Waals surface area contributed by atoms with Crippen molar-refractivity contribution in [2.45, 2.75) is 11.8 Å². The summed E-state index contributed by atoms with van der Waals surface area (Å²) in [5, 5.41) is 0.192. The Hall–Kier alpha value is -0.970.